The molecule has 2 aromatic heterocycles. The van der Waals surface area contributed by atoms with Gasteiger partial charge < -0.3 is 0 Å². The lowest BCUT2D eigenvalue weighted by Crippen LogP contribution is -2.05. The first-order valence-electron chi connectivity index (χ1n) is 5.51. The van der Waals surface area contributed by atoms with E-state index in [9.17, 15) is 4.79 Å². The molecule has 4 heteroatoms. The van der Waals surface area contributed by atoms with E-state index in [-0.39, 0.29) is 5.78 Å². The van der Waals surface area contributed by atoms with Gasteiger partial charge in [0.25, 0.3) is 0 Å². The third-order valence-corrected chi connectivity index (χ3v) is 2.60. The number of carbonyl (C=O) groups excluding carboxylic acids is 1. The number of hydrogen-bond acceptors (Lipinski definition) is 4. The minimum Gasteiger partial charge on any atom is -0.287 e. The van der Waals surface area contributed by atoms with Crippen LogP contribution in [0.15, 0.2) is 55.0 Å². The fourth-order valence-electron chi connectivity index (χ4n) is 1.71. The normalized spacial score (nSPS) is 10.4. The zero-order valence-corrected chi connectivity index (χ0v) is 9.45. The Labute approximate surface area is 103 Å². The molecule has 0 bridgehead atoms. The second-order valence-corrected chi connectivity index (χ2v) is 3.81. The van der Waals surface area contributed by atoms with Crippen molar-refractivity contribution in [2.24, 2.45) is 0 Å². The van der Waals surface area contributed by atoms with E-state index in [0.717, 1.165) is 5.52 Å². The molecule has 0 saturated heterocycles. The molecule has 0 aliphatic heterocycles. The van der Waals surface area contributed by atoms with Crippen molar-refractivity contribution in [3.05, 3.63) is 66.2 Å². The molecule has 18 heavy (non-hydrogen) atoms. The Bertz CT molecular complexity index is 710. The highest BCUT2D eigenvalue weighted by Gasteiger charge is 2.11. The zero-order chi connectivity index (χ0) is 12.4. The number of para-hydroxylation sites is 2. The summed E-state index contributed by atoms with van der Waals surface area (Å²) >= 11 is 0. The molecular formula is C14H9N3O. The van der Waals surface area contributed by atoms with Crippen LogP contribution in [0.25, 0.3) is 11.0 Å². The van der Waals surface area contributed by atoms with Crippen molar-refractivity contribution in [3.63, 3.8) is 0 Å². The summed E-state index contributed by atoms with van der Waals surface area (Å²) in [5.41, 5.74) is 2.34. The number of benzene rings is 1. The quantitative estimate of drug-likeness (QED) is 0.639. The van der Waals surface area contributed by atoms with Gasteiger partial charge in [0, 0.05) is 18.0 Å². The monoisotopic (exact) mass is 235 g/mol. The van der Waals surface area contributed by atoms with Crippen LogP contribution >= 0.6 is 0 Å². The van der Waals surface area contributed by atoms with Crippen molar-refractivity contribution in [2.75, 3.05) is 0 Å². The van der Waals surface area contributed by atoms with E-state index in [2.05, 4.69) is 15.0 Å². The fourth-order valence-corrected chi connectivity index (χ4v) is 1.71. The molecule has 0 amide bonds. The predicted molar refractivity (Wildman–Crippen MR) is 67.2 cm³/mol. The molecule has 0 N–H and O–H groups in total. The van der Waals surface area contributed by atoms with Crippen LogP contribution in [0.3, 0.4) is 0 Å². The average Bonchev–Trinajstić information content (AvgIpc) is 2.47. The van der Waals surface area contributed by atoms with Gasteiger partial charge in [-0.25, -0.2) is 4.98 Å². The first-order valence-corrected chi connectivity index (χ1v) is 5.51. The smallest absolute Gasteiger partial charge is 0.214 e. The van der Waals surface area contributed by atoms with Gasteiger partial charge in [0.1, 0.15) is 5.69 Å². The molecule has 0 unspecified atom stereocenters. The Balaban J connectivity index is 2.07. The fraction of sp³-hybridized carbons (Fsp3) is 0. The summed E-state index contributed by atoms with van der Waals surface area (Å²) in [6, 6.07) is 10.9. The molecule has 3 rings (SSSR count). The van der Waals surface area contributed by atoms with Crippen molar-refractivity contribution in [3.8, 4) is 0 Å². The summed E-state index contributed by atoms with van der Waals surface area (Å²) in [5.74, 6) is -0.165. The summed E-state index contributed by atoms with van der Waals surface area (Å²) < 4.78 is 0. The van der Waals surface area contributed by atoms with Crippen molar-refractivity contribution in [1.29, 1.82) is 0 Å². The minimum absolute atomic E-state index is 0.165. The van der Waals surface area contributed by atoms with E-state index in [1.165, 1.54) is 12.4 Å². The Hall–Kier alpha value is -2.62. The minimum atomic E-state index is -0.165. The van der Waals surface area contributed by atoms with Crippen molar-refractivity contribution >= 4 is 16.8 Å². The van der Waals surface area contributed by atoms with Crippen molar-refractivity contribution in [2.45, 2.75) is 0 Å². The molecule has 0 saturated carbocycles. The van der Waals surface area contributed by atoms with Crippen molar-refractivity contribution in [1.82, 2.24) is 15.0 Å². The highest BCUT2D eigenvalue weighted by molar-refractivity contribution is 6.07. The topological polar surface area (TPSA) is 55.7 Å². The van der Waals surface area contributed by atoms with Crippen LogP contribution in [0.4, 0.5) is 0 Å². The van der Waals surface area contributed by atoms with Gasteiger partial charge in [-0.3, -0.25) is 14.8 Å². The summed E-state index contributed by atoms with van der Waals surface area (Å²) in [6.45, 7) is 0. The van der Waals surface area contributed by atoms with E-state index in [1.807, 2.05) is 24.3 Å². The number of nitrogens with zero attached hydrogens (tertiary/aromatic N) is 3. The first-order chi connectivity index (χ1) is 8.84. The Kier molecular flexibility index (Phi) is 2.53. The molecule has 0 aliphatic rings. The van der Waals surface area contributed by atoms with Gasteiger partial charge in [-0.2, -0.15) is 0 Å². The molecule has 0 radical (unpaired) electrons. The standard InChI is InChI=1S/C14H9N3O/c18-14(10-4-3-7-15-8-10)13-9-16-11-5-1-2-6-12(11)17-13/h1-9H. The van der Waals surface area contributed by atoms with E-state index in [1.54, 1.807) is 18.3 Å². The number of hydrogen-bond donors (Lipinski definition) is 0. The highest BCUT2D eigenvalue weighted by atomic mass is 16.1. The SMILES string of the molecule is O=C(c1cccnc1)c1cnc2ccccc2n1. The predicted octanol–water partition coefficient (Wildman–Crippen LogP) is 2.26. The van der Waals surface area contributed by atoms with Gasteiger partial charge in [0.05, 0.1) is 17.2 Å². The van der Waals surface area contributed by atoms with Crippen LogP contribution in [-0.2, 0) is 0 Å². The van der Waals surface area contributed by atoms with Gasteiger partial charge in [-0.05, 0) is 24.3 Å². The molecule has 0 aliphatic carbocycles. The van der Waals surface area contributed by atoms with Crippen LogP contribution in [0.1, 0.15) is 16.1 Å². The lowest BCUT2D eigenvalue weighted by molar-refractivity contribution is 0.103. The number of aromatic nitrogens is 3. The maximum atomic E-state index is 12.1. The van der Waals surface area contributed by atoms with Crippen LogP contribution in [0.5, 0.6) is 0 Å². The summed E-state index contributed by atoms with van der Waals surface area (Å²) in [7, 11) is 0. The summed E-state index contributed by atoms with van der Waals surface area (Å²) in [5, 5.41) is 0. The molecule has 4 nitrogen and oxygen atoms in total. The molecule has 86 valence electrons. The third-order valence-electron chi connectivity index (χ3n) is 2.60. The highest BCUT2D eigenvalue weighted by Crippen LogP contribution is 2.11. The number of fused-ring (bicyclic) bond motifs is 1. The number of ketones is 1. The van der Waals surface area contributed by atoms with Crippen molar-refractivity contribution < 1.29 is 4.79 Å². The van der Waals surface area contributed by atoms with Crippen LogP contribution in [0, 0.1) is 0 Å². The average molecular weight is 235 g/mol. The second kappa shape index (κ2) is 4.33. The molecule has 1 aromatic carbocycles. The summed E-state index contributed by atoms with van der Waals surface area (Å²) in [4.78, 5) is 24.6. The van der Waals surface area contributed by atoms with Crippen LogP contribution < -0.4 is 0 Å². The van der Waals surface area contributed by atoms with Gasteiger partial charge in [-0.1, -0.05) is 12.1 Å². The van der Waals surface area contributed by atoms with E-state index < -0.39 is 0 Å². The van der Waals surface area contributed by atoms with Gasteiger partial charge in [0.15, 0.2) is 0 Å². The Morgan fingerprint density at radius 2 is 1.78 bits per heavy atom. The number of carbonyl (C=O) groups is 1. The molecule has 3 aromatic rings. The van der Waals surface area contributed by atoms with E-state index >= 15 is 0 Å². The van der Waals surface area contributed by atoms with Gasteiger partial charge in [0.2, 0.25) is 5.78 Å². The largest absolute Gasteiger partial charge is 0.287 e. The van der Waals surface area contributed by atoms with Gasteiger partial charge in [-0.15, -0.1) is 0 Å². The van der Waals surface area contributed by atoms with E-state index in [0.29, 0.717) is 16.8 Å². The molecule has 0 fully saturated rings. The molecule has 0 atom stereocenters. The molecular weight excluding hydrogens is 226 g/mol. The molecule has 2 heterocycles. The maximum Gasteiger partial charge on any atom is 0.214 e. The lowest BCUT2D eigenvalue weighted by Gasteiger charge is -2.01. The number of pyridine rings is 1. The Morgan fingerprint density at radius 1 is 0.944 bits per heavy atom. The maximum absolute atomic E-state index is 12.1. The number of rotatable bonds is 2. The van der Waals surface area contributed by atoms with Gasteiger partial charge >= 0.3 is 0 Å². The Morgan fingerprint density at radius 3 is 2.56 bits per heavy atom. The molecule has 0 spiro atoms. The zero-order valence-electron chi connectivity index (χ0n) is 9.45. The third kappa shape index (κ3) is 1.84. The van der Waals surface area contributed by atoms with E-state index in [4.69, 9.17) is 0 Å². The van der Waals surface area contributed by atoms with Crippen LogP contribution in [-0.4, -0.2) is 20.7 Å². The summed E-state index contributed by atoms with van der Waals surface area (Å²) in [6.07, 6.45) is 4.65. The first kappa shape index (κ1) is 10.5. The second-order valence-electron chi connectivity index (χ2n) is 3.81. The van der Waals surface area contributed by atoms with Crippen LogP contribution in [0.2, 0.25) is 0 Å². The lowest BCUT2D eigenvalue weighted by atomic mass is 10.1.